The first kappa shape index (κ1) is 13.7. The lowest BCUT2D eigenvalue weighted by Gasteiger charge is -2.15. The topological polar surface area (TPSA) is 79.2 Å². The Bertz CT molecular complexity index is 451. The Morgan fingerprint density at radius 1 is 1.39 bits per heavy atom. The van der Waals surface area contributed by atoms with Crippen LogP contribution >= 0.6 is 0 Å². The highest BCUT2D eigenvalue weighted by Gasteiger charge is 2.21. The maximum atomic E-state index is 11.5. The van der Waals surface area contributed by atoms with Crippen molar-refractivity contribution in [2.45, 2.75) is 18.9 Å². The number of methoxy groups -OCH3 is 1. The van der Waals surface area contributed by atoms with E-state index in [-0.39, 0.29) is 6.42 Å². The molecule has 94 valence electrons. The smallest absolute Gasteiger partial charge is 0.328 e. The Labute approximate surface area is 105 Å². The van der Waals surface area contributed by atoms with Gasteiger partial charge >= 0.3 is 5.97 Å². The van der Waals surface area contributed by atoms with Gasteiger partial charge in [-0.1, -0.05) is 30.3 Å². The Hall–Kier alpha value is -2.35. The third-order valence-corrected chi connectivity index (χ3v) is 2.34. The molecule has 1 N–H and O–H groups in total. The summed E-state index contributed by atoms with van der Waals surface area (Å²) in [6.07, 6.45) is 0.0625. The number of hydrogen-bond acceptors (Lipinski definition) is 4. The molecule has 0 aliphatic carbocycles. The standard InChI is InChI=1S/C13H14N2O3/c1-18-13(17)11(15-12(16)7-8-14)9-10-5-3-2-4-6-10/h2-6,11H,7,9H2,1H3,(H,15,16). The van der Waals surface area contributed by atoms with E-state index >= 15 is 0 Å². The van der Waals surface area contributed by atoms with E-state index in [0.717, 1.165) is 5.56 Å². The maximum Gasteiger partial charge on any atom is 0.328 e. The summed E-state index contributed by atoms with van der Waals surface area (Å²) in [4.78, 5) is 22.9. The maximum absolute atomic E-state index is 11.5. The monoisotopic (exact) mass is 246 g/mol. The molecule has 0 saturated heterocycles. The van der Waals surface area contributed by atoms with Gasteiger partial charge < -0.3 is 10.1 Å². The van der Waals surface area contributed by atoms with Gasteiger partial charge in [0.15, 0.2) is 0 Å². The molecule has 5 nitrogen and oxygen atoms in total. The predicted octanol–water partition coefficient (Wildman–Crippen LogP) is 0.801. The number of hydrogen-bond donors (Lipinski definition) is 1. The van der Waals surface area contributed by atoms with Crippen LogP contribution in [-0.2, 0) is 20.7 Å². The fourth-order valence-electron chi connectivity index (χ4n) is 1.50. The van der Waals surface area contributed by atoms with E-state index in [1.165, 1.54) is 7.11 Å². The fourth-order valence-corrected chi connectivity index (χ4v) is 1.50. The summed E-state index contributed by atoms with van der Waals surface area (Å²) in [5.74, 6) is -1.01. The molecular weight excluding hydrogens is 232 g/mol. The van der Waals surface area contributed by atoms with Crippen LogP contribution in [0.1, 0.15) is 12.0 Å². The van der Waals surface area contributed by atoms with E-state index in [4.69, 9.17) is 5.26 Å². The zero-order chi connectivity index (χ0) is 13.4. The number of ether oxygens (including phenoxy) is 1. The second-order valence-electron chi connectivity index (χ2n) is 3.67. The molecule has 0 aliphatic rings. The Morgan fingerprint density at radius 2 is 2.06 bits per heavy atom. The van der Waals surface area contributed by atoms with E-state index in [2.05, 4.69) is 10.1 Å². The van der Waals surface area contributed by atoms with E-state index in [1.807, 2.05) is 30.3 Å². The number of carbonyl (C=O) groups is 2. The van der Waals surface area contributed by atoms with Crippen LogP contribution in [0.5, 0.6) is 0 Å². The zero-order valence-electron chi connectivity index (χ0n) is 10.1. The summed E-state index contributed by atoms with van der Waals surface area (Å²) in [6.45, 7) is 0. The van der Waals surface area contributed by atoms with Gasteiger partial charge in [-0.2, -0.15) is 5.26 Å². The second kappa shape index (κ2) is 7.07. The highest BCUT2D eigenvalue weighted by molar-refractivity contribution is 5.85. The molecule has 0 fully saturated rings. The number of benzene rings is 1. The molecule has 0 bridgehead atoms. The van der Waals surface area contributed by atoms with Crippen LogP contribution in [0.15, 0.2) is 30.3 Å². The first-order valence-corrected chi connectivity index (χ1v) is 5.45. The molecule has 0 aliphatic heterocycles. The van der Waals surface area contributed by atoms with Gasteiger partial charge in [-0.3, -0.25) is 4.79 Å². The van der Waals surface area contributed by atoms with Crippen molar-refractivity contribution in [2.75, 3.05) is 7.11 Å². The van der Waals surface area contributed by atoms with Crippen LogP contribution < -0.4 is 5.32 Å². The number of carbonyl (C=O) groups excluding carboxylic acids is 2. The van der Waals surface area contributed by atoms with Crippen molar-refractivity contribution in [2.24, 2.45) is 0 Å². The average Bonchev–Trinajstić information content (AvgIpc) is 2.38. The van der Waals surface area contributed by atoms with E-state index in [1.54, 1.807) is 6.07 Å². The van der Waals surface area contributed by atoms with Gasteiger partial charge in [-0.05, 0) is 5.56 Å². The first-order valence-electron chi connectivity index (χ1n) is 5.45. The summed E-state index contributed by atoms with van der Waals surface area (Å²) in [5.41, 5.74) is 0.908. The number of nitrogens with zero attached hydrogens (tertiary/aromatic N) is 1. The van der Waals surface area contributed by atoms with Gasteiger partial charge in [0.25, 0.3) is 0 Å². The molecule has 1 rings (SSSR count). The van der Waals surface area contributed by atoms with Crippen LogP contribution in [-0.4, -0.2) is 25.0 Å². The van der Waals surface area contributed by atoms with Crippen LogP contribution in [0.25, 0.3) is 0 Å². The molecule has 1 aromatic rings. The molecule has 1 aromatic carbocycles. The highest BCUT2D eigenvalue weighted by Crippen LogP contribution is 2.04. The molecule has 0 aromatic heterocycles. The molecule has 0 radical (unpaired) electrons. The van der Waals surface area contributed by atoms with Crippen molar-refractivity contribution >= 4 is 11.9 Å². The predicted molar refractivity (Wildman–Crippen MR) is 64.3 cm³/mol. The SMILES string of the molecule is COC(=O)C(Cc1ccccc1)NC(=O)CC#N. The van der Waals surface area contributed by atoms with Gasteiger partial charge in [0.1, 0.15) is 12.5 Å². The van der Waals surface area contributed by atoms with E-state index in [9.17, 15) is 9.59 Å². The van der Waals surface area contributed by atoms with Crippen LogP contribution in [0.4, 0.5) is 0 Å². The fraction of sp³-hybridized carbons (Fsp3) is 0.308. The normalized spacial score (nSPS) is 11.1. The molecule has 5 heteroatoms. The summed E-state index contributed by atoms with van der Waals surface area (Å²) >= 11 is 0. The Balaban J connectivity index is 2.71. The van der Waals surface area contributed by atoms with Crippen LogP contribution in [0.3, 0.4) is 0 Å². The van der Waals surface area contributed by atoms with Gasteiger partial charge in [-0.25, -0.2) is 4.79 Å². The number of nitrogens with one attached hydrogen (secondary N) is 1. The minimum absolute atomic E-state index is 0.276. The number of nitriles is 1. The van der Waals surface area contributed by atoms with E-state index < -0.39 is 17.9 Å². The highest BCUT2D eigenvalue weighted by atomic mass is 16.5. The minimum Gasteiger partial charge on any atom is -0.467 e. The van der Waals surface area contributed by atoms with E-state index in [0.29, 0.717) is 6.42 Å². The van der Waals surface area contributed by atoms with Crippen molar-refractivity contribution in [3.63, 3.8) is 0 Å². The van der Waals surface area contributed by atoms with Crippen molar-refractivity contribution in [3.05, 3.63) is 35.9 Å². The molecule has 0 saturated carbocycles. The van der Waals surface area contributed by atoms with Crippen LogP contribution in [0.2, 0.25) is 0 Å². The average molecular weight is 246 g/mol. The minimum atomic E-state index is -0.766. The third-order valence-electron chi connectivity index (χ3n) is 2.34. The number of amides is 1. The quantitative estimate of drug-likeness (QED) is 0.779. The molecule has 1 amide bonds. The molecular formula is C13H14N2O3. The number of rotatable bonds is 5. The lowest BCUT2D eigenvalue weighted by molar-refractivity contribution is -0.144. The molecule has 18 heavy (non-hydrogen) atoms. The van der Waals surface area contributed by atoms with Gasteiger partial charge in [-0.15, -0.1) is 0 Å². The van der Waals surface area contributed by atoms with Crippen molar-refractivity contribution in [1.29, 1.82) is 5.26 Å². The molecule has 0 spiro atoms. The number of esters is 1. The van der Waals surface area contributed by atoms with Gasteiger partial charge in [0.2, 0.25) is 5.91 Å². The first-order chi connectivity index (χ1) is 8.67. The Morgan fingerprint density at radius 3 is 2.61 bits per heavy atom. The summed E-state index contributed by atoms with van der Waals surface area (Å²) in [5, 5.41) is 10.9. The van der Waals surface area contributed by atoms with Gasteiger partial charge in [0.05, 0.1) is 13.2 Å². The molecule has 1 atom stereocenters. The van der Waals surface area contributed by atoms with Gasteiger partial charge in [0, 0.05) is 6.42 Å². The van der Waals surface area contributed by atoms with Crippen molar-refractivity contribution in [1.82, 2.24) is 5.32 Å². The summed E-state index contributed by atoms with van der Waals surface area (Å²) in [7, 11) is 1.26. The summed E-state index contributed by atoms with van der Waals surface area (Å²) in [6, 6.07) is 10.2. The lowest BCUT2D eigenvalue weighted by atomic mass is 10.1. The zero-order valence-corrected chi connectivity index (χ0v) is 10.1. The largest absolute Gasteiger partial charge is 0.467 e. The second-order valence-corrected chi connectivity index (χ2v) is 3.67. The molecule has 1 unspecified atom stereocenters. The Kier molecular flexibility index (Phi) is 5.39. The third kappa shape index (κ3) is 4.26. The van der Waals surface area contributed by atoms with Crippen molar-refractivity contribution in [3.8, 4) is 6.07 Å². The van der Waals surface area contributed by atoms with Crippen molar-refractivity contribution < 1.29 is 14.3 Å². The summed E-state index contributed by atoms with van der Waals surface area (Å²) < 4.78 is 4.63. The van der Waals surface area contributed by atoms with Crippen LogP contribution in [0, 0.1) is 11.3 Å². The lowest BCUT2D eigenvalue weighted by Crippen LogP contribution is -2.42. The molecule has 0 heterocycles.